The van der Waals surface area contributed by atoms with Crippen LogP contribution in [0.2, 0.25) is 0 Å². The molecule has 0 unspecified atom stereocenters. The van der Waals surface area contributed by atoms with E-state index in [4.69, 9.17) is 10.1 Å². The molecule has 8 heavy (non-hydrogen) atoms. The van der Waals surface area contributed by atoms with Gasteiger partial charge in [-0.05, 0) is 0 Å². The lowest BCUT2D eigenvalue weighted by Crippen LogP contribution is -2.21. The van der Waals surface area contributed by atoms with E-state index in [0.29, 0.717) is 0 Å². The summed E-state index contributed by atoms with van der Waals surface area (Å²) in [5.74, 6) is 0. The number of nitrogens with two attached hydrogens (primary N) is 1. The lowest BCUT2D eigenvalue weighted by atomic mass is 13.4. The summed E-state index contributed by atoms with van der Waals surface area (Å²) in [7, 11) is -4.52. The van der Waals surface area contributed by atoms with Crippen LogP contribution in [0.5, 0.6) is 0 Å². The number of rotatable bonds is 1. The molecule has 6 nitrogen and oxygen atoms in total. The van der Waals surface area contributed by atoms with Gasteiger partial charge in [0.2, 0.25) is 0 Å². The molecule has 0 aliphatic rings. The Balaban J connectivity index is 0. The van der Waals surface area contributed by atoms with Crippen molar-refractivity contribution < 1.29 is 17.5 Å². The van der Waals surface area contributed by atoms with Gasteiger partial charge in [0, 0.05) is 0 Å². The monoisotopic (exact) mass is 146 g/mol. The van der Waals surface area contributed by atoms with E-state index in [1.807, 2.05) is 0 Å². The summed E-state index contributed by atoms with van der Waals surface area (Å²) in [6.07, 6.45) is 0. The molecule has 0 saturated carbocycles. The van der Waals surface area contributed by atoms with Crippen molar-refractivity contribution >= 4 is 10.2 Å². The van der Waals surface area contributed by atoms with Crippen LogP contribution in [0.25, 0.3) is 0 Å². The molecule has 0 rings (SSSR count). The van der Waals surface area contributed by atoms with Gasteiger partial charge in [-0.25, -0.2) is 10.1 Å². The Morgan fingerprint density at radius 1 is 1.50 bits per heavy atom. The molecular formula is H3FN2O4S. The van der Waals surface area contributed by atoms with Crippen molar-refractivity contribution in [1.29, 1.82) is 0 Å². The van der Waals surface area contributed by atoms with Crippen LogP contribution in [0.1, 0.15) is 0 Å². The first-order valence-electron chi connectivity index (χ1n) is 1.12. The fourth-order valence-electron chi connectivity index (χ4n) is 0. The van der Waals surface area contributed by atoms with Crippen molar-refractivity contribution in [2.75, 3.05) is 0 Å². The molecule has 0 aromatic carbocycles. The first-order chi connectivity index (χ1) is 2.94. The van der Waals surface area contributed by atoms with Gasteiger partial charge < -0.3 is 0 Å². The van der Waals surface area contributed by atoms with E-state index in [1.54, 1.807) is 0 Å². The van der Waals surface area contributed by atoms with Gasteiger partial charge in [-0.15, -0.1) is 8.42 Å². The zero-order valence-corrected chi connectivity index (χ0v) is 4.29. The van der Waals surface area contributed by atoms with Crippen molar-refractivity contribution in [3.05, 3.63) is 10.1 Å². The number of hydrogen-bond donors (Lipinski definition) is 1. The molecular weight excluding hydrogens is 143 g/mol. The van der Waals surface area contributed by atoms with Crippen LogP contribution in [0.15, 0.2) is 0 Å². The summed E-state index contributed by atoms with van der Waals surface area (Å²) in [4.78, 5) is 9.11. The van der Waals surface area contributed by atoms with Crippen LogP contribution in [0.3, 0.4) is 0 Å². The highest BCUT2D eigenvalue weighted by Gasteiger charge is 2.13. The zero-order valence-electron chi connectivity index (χ0n) is 3.47. The summed E-state index contributed by atoms with van der Waals surface area (Å²) in [5, 5.41) is 13.1. The van der Waals surface area contributed by atoms with Crippen molar-refractivity contribution in [2.24, 2.45) is 5.14 Å². The lowest BCUT2D eigenvalue weighted by molar-refractivity contribution is -0.305. The third-order valence-electron chi connectivity index (χ3n) is 0.208. The highest BCUT2D eigenvalue weighted by molar-refractivity contribution is 7.83. The Hall–Kier alpha value is -0.760. The van der Waals surface area contributed by atoms with Crippen molar-refractivity contribution in [1.82, 2.24) is 0 Å². The van der Waals surface area contributed by atoms with Gasteiger partial charge in [-0.3, -0.25) is 4.70 Å². The van der Waals surface area contributed by atoms with Crippen LogP contribution in [-0.4, -0.2) is 12.7 Å². The first-order valence-corrected chi connectivity index (χ1v) is 2.62. The van der Waals surface area contributed by atoms with Gasteiger partial charge in [0.25, 0.3) is 0 Å². The number of nitrogens with zero attached hydrogens (tertiary/aromatic N) is 1. The molecule has 2 N–H and O–H groups in total. The molecule has 0 atom stereocenters. The first kappa shape index (κ1) is 10.3. The molecule has 0 bridgehead atoms. The Morgan fingerprint density at radius 2 is 1.62 bits per heavy atom. The predicted octanol–water partition coefficient (Wildman–Crippen LogP) is -1.38. The second-order valence-corrected chi connectivity index (χ2v) is 2.07. The average Bonchev–Trinajstić information content (AvgIpc) is 1.31. The Bertz CT molecular complexity index is 168. The molecule has 0 aliphatic heterocycles. The minimum absolute atomic E-state index is 0. The van der Waals surface area contributed by atoms with E-state index in [1.165, 1.54) is 0 Å². The smallest absolute Gasteiger partial charge is 0.269 e. The van der Waals surface area contributed by atoms with Gasteiger partial charge in [0.1, 0.15) is 0 Å². The fourth-order valence-corrected chi connectivity index (χ4v) is 0. The number of hydrogen-bond acceptors (Lipinski definition) is 4. The summed E-state index contributed by atoms with van der Waals surface area (Å²) in [5.41, 5.74) is 0. The standard InChI is InChI=1S/FH.H2N2O4S/c;1-7(5,6)2(3)4/h1H;(H2,1,5,6). The molecule has 8 heteroatoms. The molecule has 0 amide bonds. The van der Waals surface area contributed by atoms with E-state index in [0.717, 1.165) is 0 Å². The van der Waals surface area contributed by atoms with E-state index in [-0.39, 0.29) is 4.70 Å². The molecule has 0 heterocycles. The topological polar surface area (TPSA) is 103 Å². The molecule has 0 spiro atoms. The van der Waals surface area contributed by atoms with Crippen LogP contribution >= 0.6 is 0 Å². The van der Waals surface area contributed by atoms with Gasteiger partial charge in [-0.2, -0.15) is 5.14 Å². The van der Waals surface area contributed by atoms with Crippen LogP contribution in [0.4, 0.5) is 4.70 Å². The highest BCUT2D eigenvalue weighted by Crippen LogP contribution is 1.72. The maximum atomic E-state index is 9.41. The van der Waals surface area contributed by atoms with E-state index >= 15 is 0 Å². The quantitative estimate of drug-likeness (QED) is 0.363. The normalized spacial score (nSPS) is 9.62. The largest absolute Gasteiger partial charge is 0.492 e. The zero-order chi connectivity index (χ0) is 6.08. The van der Waals surface area contributed by atoms with Crippen molar-refractivity contribution in [3.63, 3.8) is 0 Å². The minimum atomic E-state index is -4.52. The molecule has 0 aromatic rings. The summed E-state index contributed by atoms with van der Waals surface area (Å²) in [6.45, 7) is 0. The summed E-state index contributed by atoms with van der Waals surface area (Å²) in [6, 6.07) is 0. The Labute approximate surface area is 44.0 Å². The molecule has 0 saturated heterocycles. The van der Waals surface area contributed by atoms with Crippen LogP contribution < -0.4 is 5.14 Å². The molecule has 0 fully saturated rings. The second-order valence-electron chi connectivity index (χ2n) is 0.739. The highest BCUT2D eigenvalue weighted by atomic mass is 32.2. The minimum Gasteiger partial charge on any atom is -0.269 e. The van der Waals surface area contributed by atoms with Gasteiger partial charge in [0.05, 0.1) is 0 Å². The second kappa shape index (κ2) is 2.52. The lowest BCUT2D eigenvalue weighted by Gasteiger charge is -1.78. The van der Waals surface area contributed by atoms with Gasteiger partial charge in [-0.1, -0.05) is 0 Å². The summed E-state index contributed by atoms with van der Waals surface area (Å²) < 4.78 is 17.3. The summed E-state index contributed by atoms with van der Waals surface area (Å²) >= 11 is 0. The maximum absolute atomic E-state index is 9.41. The van der Waals surface area contributed by atoms with Crippen LogP contribution in [0, 0.1) is 10.1 Å². The molecule has 50 valence electrons. The van der Waals surface area contributed by atoms with Gasteiger partial charge >= 0.3 is 10.2 Å². The third-order valence-corrected chi connectivity index (χ3v) is 0.623. The molecule has 0 aliphatic carbocycles. The number of nitro groups is 1. The fraction of sp³-hybridized carbons (Fsp3) is 0. The average molecular weight is 146 g/mol. The third kappa shape index (κ3) is 3.43. The van der Waals surface area contributed by atoms with Crippen LogP contribution in [-0.2, 0) is 10.2 Å². The van der Waals surface area contributed by atoms with Crippen molar-refractivity contribution in [3.8, 4) is 0 Å². The van der Waals surface area contributed by atoms with E-state index in [9.17, 15) is 8.42 Å². The Kier molecular flexibility index (Phi) is 3.24. The Morgan fingerprint density at radius 3 is 1.62 bits per heavy atom. The number of halogens is 1. The van der Waals surface area contributed by atoms with Gasteiger partial charge in [0.15, 0.2) is 4.33 Å². The van der Waals surface area contributed by atoms with E-state index < -0.39 is 14.5 Å². The molecule has 0 radical (unpaired) electrons. The maximum Gasteiger partial charge on any atom is 0.492 e. The predicted molar refractivity (Wildman–Crippen MR) is 22.6 cm³/mol. The molecule has 0 aromatic heterocycles. The van der Waals surface area contributed by atoms with Crippen molar-refractivity contribution in [2.45, 2.75) is 0 Å². The SMILES string of the molecule is F.NS(=O)(=O)[N+](=O)[O-]. The van der Waals surface area contributed by atoms with E-state index in [2.05, 4.69) is 5.14 Å².